The summed E-state index contributed by atoms with van der Waals surface area (Å²) in [7, 11) is 0. The van der Waals surface area contributed by atoms with Crippen LogP contribution in [0.15, 0.2) is 24.3 Å². The number of hydrogen-bond donors (Lipinski definition) is 2. The highest BCUT2D eigenvalue weighted by Gasteiger charge is 2.15. The molecule has 1 heterocycles. The van der Waals surface area contributed by atoms with Crippen molar-refractivity contribution in [1.29, 1.82) is 0 Å². The van der Waals surface area contributed by atoms with Gasteiger partial charge in [-0.2, -0.15) is 0 Å². The molecule has 1 fully saturated rings. The first-order valence-electron chi connectivity index (χ1n) is 5.28. The summed E-state index contributed by atoms with van der Waals surface area (Å²) in [6, 6.07) is 7.24. The zero-order valence-electron chi connectivity index (χ0n) is 8.57. The van der Waals surface area contributed by atoms with Crippen molar-refractivity contribution in [1.82, 2.24) is 5.32 Å². The van der Waals surface area contributed by atoms with Crippen LogP contribution in [0, 0.1) is 5.92 Å². The molecular weight excluding hydrogens is 190 g/mol. The highest BCUT2D eigenvalue weighted by atomic mass is 16.4. The molecule has 1 aromatic rings. The lowest BCUT2D eigenvalue weighted by atomic mass is 9.97. The molecule has 15 heavy (non-hydrogen) atoms. The molecule has 0 spiro atoms. The van der Waals surface area contributed by atoms with Gasteiger partial charge in [-0.3, -0.25) is 0 Å². The molecule has 0 aliphatic carbocycles. The molecular formula is C12H15NO2. The van der Waals surface area contributed by atoms with E-state index in [0.29, 0.717) is 11.5 Å². The summed E-state index contributed by atoms with van der Waals surface area (Å²) in [5.41, 5.74) is 1.52. The maximum Gasteiger partial charge on any atom is 0.335 e. The molecule has 0 bridgehead atoms. The zero-order chi connectivity index (χ0) is 10.7. The molecule has 0 aromatic heterocycles. The van der Waals surface area contributed by atoms with Crippen molar-refractivity contribution in [3.63, 3.8) is 0 Å². The van der Waals surface area contributed by atoms with Crippen molar-refractivity contribution >= 4 is 5.97 Å². The van der Waals surface area contributed by atoms with E-state index in [0.717, 1.165) is 25.1 Å². The summed E-state index contributed by atoms with van der Waals surface area (Å²) in [5, 5.41) is 12.2. The summed E-state index contributed by atoms with van der Waals surface area (Å²) >= 11 is 0. The Kier molecular flexibility index (Phi) is 3.02. The Morgan fingerprint density at radius 2 is 2.40 bits per heavy atom. The summed E-state index contributed by atoms with van der Waals surface area (Å²) < 4.78 is 0. The minimum atomic E-state index is -0.846. The minimum absolute atomic E-state index is 0.387. The number of nitrogens with one attached hydrogen (secondary N) is 1. The number of benzene rings is 1. The van der Waals surface area contributed by atoms with E-state index in [1.165, 1.54) is 6.42 Å². The lowest BCUT2D eigenvalue weighted by molar-refractivity contribution is 0.0696. The fourth-order valence-corrected chi connectivity index (χ4v) is 2.05. The van der Waals surface area contributed by atoms with E-state index >= 15 is 0 Å². The van der Waals surface area contributed by atoms with Gasteiger partial charge in [0.1, 0.15) is 0 Å². The Morgan fingerprint density at radius 1 is 1.53 bits per heavy atom. The third-order valence-corrected chi connectivity index (χ3v) is 2.86. The van der Waals surface area contributed by atoms with E-state index in [1.807, 2.05) is 12.1 Å². The minimum Gasteiger partial charge on any atom is -0.478 e. The molecule has 0 radical (unpaired) electrons. The molecule has 0 saturated carbocycles. The van der Waals surface area contributed by atoms with Crippen LogP contribution < -0.4 is 5.32 Å². The molecule has 1 aliphatic heterocycles. The topological polar surface area (TPSA) is 49.3 Å². The summed E-state index contributed by atoms with van der Waals surface area (Å²) in [6.07, 6.45) is 2.17. The van der Waals surface area contributed by atoms with E-state index in [2.05, 4.69) is 5.32 Å². The number of aromatic carboxylic acids is 1. The van der Waals surface area contributed by atoms with Crippen LogP contribution in [0.1, 0.15) is 22.3 Å². The molecule has 3 nitrogen and oxygen atoms in total. The Hall–Kier alpha value is -1.35. The Balaban J connectivity index is 2.07. The number of rotatable bonds is 3. The molecule has 80 valence electrons. The largest absolute Gasteiger partial charge is 0.478 e. The maximum absolute atomic E-state index is 10.8. The van der Waals surface area contributed by atoms with Crippen LogP contribution >= 0.6 is 0 Å². The second kappa shape index (κ2) is 4.45. The molecule has 1 unspecified atom stereocenters. The van der Waals surface area contributed by atoms with E-state index in [4.69, 9.17) is 5.11 Å². The number of carboxylic acids is 1. The van der Waals surface area contributed by atoms with E-state index in [1.54, 1.807) is 12.1 Å². The normalized spacial score (nSPS) is 20.4. The monoisotopic (exact) mass is 205 g/mol. The predicted molar refractivity (Wildman–Crippen MR) is 58.1 cm³/mol. The summed E-state index contributed by atoms with van der Waals surface area (Å²) in [4.78, 5) is 10.8. The van der Waals surface area contributed by atoms with Gasteiger partial charge in [0.25, 0.3) is 0 Å². The molecule has 1 atom stereocenters. The van der Waals surface area contributed by atoms with Crippen LogP contribution in [0.4, 0.5) is 0 Å². The van der Waals surface area contributed by atoms with Crippen LogP contribution in [0.2, 0.25) is 0 Å². The SMILES string of the molecule is O=C(O)c1cccc(CC2CCNC2)c1. The smallest absolute Gasteiger partial charge is 0.335 e. The maximum atomic E-state index is 10.8. The first-order valence-corrected chi connectivity index (χ1v) is 5.28. The van der Waals surface area contributed by atoms with Gasteiger partial charge in [0.2, 0.25) is 0 Å². The fraction of sp³-hybridized carbons (Fsp3) is 0.417. The van der Waals surface area contributed by atoms with Crippen LogP contribution in [0.3, 0.4) is 0 Å². The second-order valence-corrected chi connectivity index (χ2v) is 4.07. The number of carboxylic acid groups (broad SMARTS) is 1. The van der Waals surface area contributed by atoms with Gasteiger partial charge >= 0.3 is 5.97 Å². The zero-order valence-corrected chi connectivity index (χ0v) is 8.57. The standard InChI is InChI=1S/C12H15NO2/c14-12(15)11-3-1-2-9(7-11)6-10-4-5-13-8-10/h1-3,7,10,13H,4-6,8H2,(H,14,15). The second-order valence-electron chi connectivity index (χ2n) is 4.07. The Labute approximate surface area is 89.1 Å². The van der Waals surface area contributed by atoms with Crippen molar-refractivity contribution in [2.75, 3.05) is 13.1 Å². The van der Waals surface area contributed by atoms with Gasteiger partial charge < -0.3 is 10.4 Å². The average Bonchev–Trinajstić information content (AvgIpc) is 2.71. The average molecular weight is 205 g/mol. The van der Waals surface area contributed by atoms with E-state index in [-0.39, 0.29) is 0 Å². The molecule has 1 saturated heterocycles. The number of carbonyl (C=O) groups is 1. The lowest BCUT2D eigenvalue weighted by Gasteiger charge is -2.08. The van der Waals surface area contributed by atoms with E-state index in [9.17, 15) is 4.79 Å². The molecule has 1 aliphatic rings. The van der Waals surface area contributed by atoms with Crippen LogP contribution in [0.25, 0.3) is 0 Å². The van der Waals surface area contributed by atoms with Gasteiger partial charge in [0, 0.05) is 0 Å². The highest BCUT2D eigenvalue weighted by molar-refractivity contribution is 5.87. The van der Waals surface area contributed by atoms with Gasteiger partial charge in [-0.15, -0.1) is 0 Å². The quantitative estimate of drug-likeness (QED) is 0.787. The summed E-state index contributed by atoms with van der Waals surface area (Å²) in [6.45, 7) is 2.14. The molecule has 1 aromatic carbocycles. The van der Waals surface area contributed by atoms with Gasteiger partial charge in [-0.05, 0) is 49.5 Å². The third kappa shape index (κ3) is 2.57. The van der Waals surface area contributed by atoms with E-state index < -0.39 is 5.97 Å². The Bertz CT molecular complexity index is 356. The van der Waals surface area contributed by atoms with Crippen LogP contribution in [0.5, 0.6) is 0 Å². The third-order valence-electron chi connectivity index (χ3n) is 2.86. The van der Waals surface area contributed by atoms with Crippen molar-refractivity contribution < 1.29 is 9.90 Å². The Morgan fingerprint density at radius 3 is 3.07 bits per heavy atom. The number of hydrogen-bond acceptors (Lipinski definition) is 2. The molecule has 2 rings (SSSR count). The van der Waals surface area contributed by atoms with Crippen LogP contribution in [-0.2, 0) is 6.42 Å². The highest BCUT2D eigenvalue weighted by Crippen LogP contribution is 2.16. The predicted octanol–water partition coefficient (Wildman–Crippen LogP) is 1.54. The van der Waals surface area contributed by atoms with Gasteiger partial charge in [-0.25, -0.2) is 4.79 Å². The fourth-order valence-electron chi connectivity index (χ4n) is 2.05. The molecule has 0 amide bonds. The molecule has 3 heteroatoms. The molecule has 2 N–H and O–H groups in total. The van der Waals surface area contributed by atoms with Crippen molar-refractivity contribution in [3.05, 3.63) is 35.4 Å². The van der Waals surface area contributed by atoms with Crippen molar-refractivity contribution in [2.45, 2.75) is 12.8 Å². The first-order chi connectivity index (χ1) is 7.25. The van der Waals surface area contributed by atoms with Crippen molar-refractivity contribution in [2.24, 2.45) is 5.92 Å². The lowest BCUT2D eigenvalue weighted by Crippen LogP contribution is -2.11. The first kappa shape index (κ1) is 10.2. The van der Waals surface area contributed by atoms with Crippen LogP contribution in [-0.4, -0.2) is 24.2 Å². The van der Waals surface area contributed by atoms with Gasteiger partial charge in [-0.1, -0.05) is 12.1 Å². The summed E-state index contributed by atoms with van der Waals surface area (Å²) in [5.74, 6) is -0.185. The van der Waals surface area contributed by atoms with Crippen molar-refractivity contribution in [3.8, 4) is 0 Å². The van der Waals surface area contributed by atoms with Gasteiger partial charge in [0.05, 0.1) is 5.56 Å². The van der Waals surface area contributed by atoms with Gasteiger partial charge in [0.15, 0.2) is 0 Å².